The molecule has 4 aromatic heterocycles. The maximum absolute atomic E-state index is 15.3. The van der Waals surface area contributed by atoms with E-state index >= 15 is 4.39 Å². The standard InChI is InChI=1S/C28H27FN6O/c29-20-12-19-17-34(28(36)32-7-3-1-4-8-32)11-10-33-18-24(21(13-20)27(19)33)22-14-30-15-23(22)25-16-31-26-6-2-5-9-35(25)26/h2,5-6,9,12-16,18,30H,1,3-4,7-8,10-11,17H2/i1D2,3D2,4D2,7D2,8D2. The third-order valence-corrected chi connectivity index (χ3v) is 6.64. The maximum Gasteiger partial charge on any atom is 0.320 e. The first-order chi connectivity index (χ1) is 21.4. The number of hydrogen-bond donors (Lipinski definition) is 1. The number of rotatable bonds is 2. The summed E-state index contributed by atoms with van der Waals surface area (Å²) in [4.78, 5) is 22.4. The number of H-pyrrole nitrogens is 1. The van der Waals surface area contributed by atoms with Crippen LogP contribution in [0.25, 0.3) is 38.9 Å². The molecule has 2 aliphatic heterocycles. The van der Waals surface area contributed by atoms with Crippen LogP contribution >= 0.6 is 0 Å². The lowest BCUT2D eigenvalue weighted by Gasteiger charge is -2.32. The van der Waals surface area contributed by atoms with Crippen molar-refractivity contribution in [3.05, 3.63) is 72.7 Å². The van der Waals surface area contributed by atoms with Crippen molar-refractivity contribution in [2.75, 3.05) is 19.5 Å². The Bertz CT molecular complexity index is 2020. The van der Waals surface area contributed by atoms with Crippen LogP contribution in [0.2, 0.25) is 0 Å². The van der Waals surface area contributed by atoms with E-state index in [0.29, 0.717) is 22.0 Å². The number of piperidine rings is 1. The van der Waals surface area contributed by atoms with Gasteiger partial charge in [-0.05, 0) is 48.9 Å². The third-order valence-electron chi connectivity index (χ3n) is 6.64. The number of aromatic nitrogens is 4. The number of benzene rings is 1. The van der Waals surface area contributed by atoms with E-state index in [4.69, 9.17) is 13.7 Å². The van der Waals surface area contributed by atoms with E-state index in [9.17, 15) is 4.79 Å². The Morgan fingerprint density at radius 2 is 1.89 bits per heavy atom. The highest BCUT2D eigenvalue weighted by Crippen LogP contribution is 2.40. The number of aromatic amines is 1. The molecule has 5 aromatic rings. The number of likely N-dealkylation sites (tertiary alicyclic amines) is 1. The Hall–Kier alpha value is -4.07. The number of pyridine rings is 1. The summed E-state index contributed by atoms with van der Waals surface area (Å²) in [5.41, 5.74) is 4.75. The molecule has 0 spiro atoms. The molecule has 0 atom stereocenters. The quantitative estimate of drug-likeness (QED) is 0.353. The van der Waals surface area contributed by atoms with Gasteiger partial charge >= 0.3 is 6.03 Å². The van der Waals surface area contributed by atoms with Crippen molar-refractivity contribution in [3.63, 3.8) is 0 Å². The van der Waals surface area contributed by atoms with Gasteiger partial charge in [-0.15, -0.1) is 0 Å². The van der Waals surface area contributed by atoms with Gasteiger partial charge in [-0.25, -0.2) is 14.2 Å². The summed E-state index contributed by atoms with van der Waals surface area (Å²) in [6, 6.07) is 6.85. The zero-order chi connectivity index (χ0) is 33.2. The summed E-state index contributed by atoms with van der Waals surface area (Å²) in [6.07, 6.45) is -1.87. The number of fused-ring (bicyclic) bond motifs is 1. The van der Waals surface area contributed by atoms with Crippen molar-refractivity contribution in [1.82, 2.24) is 28.7 Å². The molecule has 0 radical (unpaired) electrons. The van der Waals surface area contributed by atoms with Crippen LogP contribution in [0.1, 0.15) is 38.4 Å². The van der Waals surface area contributed by atoms with Crippen molar-refractivity contribution in [1.29, 1.82) is 0 Å². The van der Waals surface area contributed by atoms with Gasteiger partial charge in [0.25, 0.3) is 0 Å². The number of nitrogens with one attached hydrogen (secondary N) is 1. The number of halogens is 1. The van der Waals surface area contributed by atoms with Crippen LogP contribution in [0, 0.1) is 5.82 Å². The number of amides is 2. The van der Waals surface area contributed by atoms with Crippen LogP contribution in [0.15, 0.2) is 61.3 Å². The molecule has 0 saturated carbocycles. The number of urea groups is 1. The van der Waals surface area contributed by atoms with Crippen molar-refractivity contribution in [2.24, 2.45) is 0 Å². The van der Waals surface area contributed by atoms with E-state index in [1.807, 2.05) is 45.8 Å². The fourth-order valence-electron chi connectivity index (χ4n) is 5.07. The molecule has 0 aliphatic carbocycles. The largest absolute Gasteiger partial charge is 0.366 e. The van der Waals surface area contributed by atoms with Crippen LogP contribution in [-0.4, -0.2) is 54.3 Å². The van der Waals surface area contributed by atoms with Gasteiger partial charge in [-0.2, -0.15) is 0 Å². The Kier molecular flexibility index (Phi) is 3.05. The SMILES string of the molecule is [2H]C1([2H])N(C(=O)N2CCn3cc(-c4c[nH]cc4-c4cnc5ccccn45)c4cc(F)cc(c43)C2)C([2H])([2H])C([2H])([2H])C([2H])([2H])C1([2H])[2H]. The van der Waals surface area contributed by atoms with E-state index in [2.05, 4.69) is 9.97 Å². The van der Waals surface area contributed by atoms with Crippen LogP contribution in [0.4, 0.5) is 9.18 Å². The molecule has 0 bridgehead atoms. The van der Waals surface area contributed by atoms with Gasteiger partial charge in [0, 0.05) is 93.2 Å². The van der Waals surface area contributed by atoms with Gasteiger partial charge in [-0.1, -0.05) is 6.07 Å². The van der Waals surface area contributed by atoms with E-state index in [1.54, 1.807) is 12.4 Å². The highest BCUT2D eigenvalue weighted by atomic mass is 19.1. The van der Waals surface area contributed by atoms with Crippen molar-refractivity contribution in [3.8, 4) is 22.4 Å². The predicted octanol–water partition coefficient (Wildman–Crippen LogP) is 5.51. The number of hydrogen-bond acceptors (Lipinski definition) is 2. The average molecular weight is 493 g/mol. The highest BCUT2D eigenvalue weighted by molar-refractivity contribution is 6.01. The molecule has 7 rings (SSSR count). The van der Waals surface area contributed by atoms with Crippen molar-refractivity contribution >= 4 is 22.6 Å². The van der Waals surface area contributed by atoms with Crippen LogP contribution in [0.5, 0.6) is 0 Å². The molecule has 6 heterocycles. The minimum absolute atomic E-state index is 0.108. The Balaban J connectivity index is 1.30. The van der Waals surface area contributed by atoms with Gasteiger partial charge in [0.2, 0.25) is 0 Å². The van der Waals surface area contributed by atoms with Gasteiger partial charge in [0.15, 0.2) is 0 Å². The maximum atomic E-state index is 15.3. The monoisotopic (exact) mass is 492 g/mol. The lowest BCUT2D eigenvalue weighted by molar-refractivity contribution is 0.140. The van der Waals surface area contributed by atoms with Crippen molar-refractivity contribution in [2.45, 2.75) is 32.2 Å². The molecule has 1 saturated heterocycles. The lowest BCUT2D eigenvalue weighted by atomic mass is 10.0. The van der Waals surface area contributed by atoms with E-state index in [-0.39, 0.29) is 24.5 Å². The summed E-state index contributed by atoms with van der Waals surface area (Å²) in [5, 5.41) is 0.531. The molecular weight excluding hydrogens is 455 g/mol. The zero-order valence-corrected chi connectivity index (χ0v) is 18.9. The fraction of sp³-hybridized carbons (Fsp3) is 0.286. The van der Waals surface area contributed by atoms with Gasteiger partial charge in [0.1, 0.15) is 11.5 Å². The second-order valence-electron chi connectivity index (χ2n) is 8.69. The topological polar surface area (TPSA) is 61.6 Å². The molecule has 1 N–H and O–H groups in total. The second kappa shape index (κ2) is 8.26. The van der Waals surface area contributed by atoms with E-state index < -0.39 is 44.0 Å². The molecule has 1 fully saturated rings. The Morgan fingerprint density at radius 1 is 1.03 bits per heavy atom. The van der Waals surface area contributed by atoms with E-state index in [1.165, 1.54) is 12.1 Å². The van der Waals surface area contributed by atoms with Gasteiger partial charge < -0.3 is 19.4 Å². The Morgan fingerprint density at radius 3 is 2.78 bits per heavy atom. The third kappa shape index (κ3) is 3.31. The molecular formula is C28H27FN6O. The number of carbonyl (C=O) groups excluding carboxylic acids is 1. The summed E-state index contributed by atoms with van der Waals surface area (Å²) >= 11 is 0. The van der Waals surface area contributed by atoms with E-state index in [0.717, 1.165) is 27.4 Å². The molecule has 182 valence electrons. The first-order valence-electron chi connectivity index (χ1n) is 16.4. The smallest absolute Gasteiger partial charge is 0.320 e. The molecule has 8 heteroatoms. The summed E-state index contributed by atoms with van der Waals surface area (Å²) in [6.45, 7) is -7.57. The number of nitrogens with zero attached hydrogens (tertiary/aromatic N) is 5. The molecule has 2 aliphatic rings. The summed E-state index contributed by atoms with van der Waals surface area (Å²) in [5.74, 6) is -0.618. The predicted molar refractivity (Wildman–Crippen MR) is 137 cm³/mol. The number of imidazole rings is 1. The lowest BCUT2D eigenvalue weighted by Crippen LogP contribution is -2.45. The first kappa shape index (κ1) is 13.3. The normalized spacial score (nSPS) is 27.2. The van der Waals surface area contributed by atoms with Crippen molar-refractivity contribution < 1.29 is 22.9 Å². The fourth-order valence-corrected chi connectivity index (χ4v) is 5.07. The Labute approximate surface area is 221 Å². The molecule has 2 amide bonds. The minimum Gasteiger partial charge on any atom is -0.366 e. The average Bonchev–Trinajstić information content (AvgIpc) is 3.67. The molecule has 7 nitrogen and oxygen atoms in total. The first-order valence-corrected chi connectivity index (χ1v) is 11.4. The van der Waals surface area contributed by atoms with Crippen LogP contribution in [-0.2, 0) is 13.1 Å². The van der Waals surface area contributed by atoms with Crippen LogP contribution < -0.4 is 0 Å². The van der Waals surface area contributed by atoms with Gasteiger partial charge in [0.05, 0.1) is 17.4 Å². The molecule has 0 unspecified atom stereocenters. The summed E-state index contributed by atoms with van der Waals surface area (Å²) < 4.78 is 101. The molecule has 1 aromatic carbocycles. The highest BCUT2D eigenvalue weighted by Gasteiger charge is 2.28. The second-order valence-corrected chi connectivity index (χ2v) is 8.69. The number of carbonyl (C=O) groups is 1. The van der Waals surface area contributed by atoms with Crippen LogP contribution in [0.3, 0.4) is 0 Å². The zero-order valence-electron chi connectivity index (χ0n) is 28.9. The van der Waals surface area contributed by atoms with Gasteiger partial charge in [-0.3, -0.25) is 4.40 Å². The molecule has 36 heavy (non-hydrogen) atoms. The minimum atomic E-state index is -3.65. The summed E-state index contributed by atoms with van der Waals surface area (Å²) in [7, 11) is 0.